The van der Waals surface area contributed by atoms with Gasteiger partial charge in [0, 0.05) is 16.5 Å². The van der Waals surface area contributed by atoms with Crippen LogP contribution in [0.3, 0.4) is 0 Å². The third-order valence-electron chi connectivity index (χ3n) is 3.75. The lowest BCUT2D eigenvalue weighted by Gasteiger charge is -2.13. The zero-order valence-corrected chi connectivity index (χ0v) is 11.8. The molecule has 0 fully saturated rings. The van der Waals surface area contributed by atoms with Crippen LogP contribution in [0.15, 0.2) is 42.2 Å². The summed E-state index contributed by atoms with van der Waals surface area (Å²) in [5.74, 6) is 1.42. The van der Waals surface area contributed by atoms with Crippen LogP contribution in [-0.2, 0) is 0 Å². The van der Waals surface area contributed by atoms with Gasteiger partial charge in [0.2, 0.25) is 0 Å². The van der Waals surface area contributed by atoms with Gasteiger partial charge in [-0.25, -0.2) is 0 Å². The van der Waals surface area contributed by atoms with Gasteiger partial charge in [-0.1, -0.05) is 43.7 Å². The van der Waals surface area contributed by atoms with Gasteiger partial charge in [0.1, 0.15) is 0 Å². The Balaban J connectivity index is 1.77. The molecule has 0 bridgehead atoms. The number of hydrogen-bond acceptors (Lipinski definition) is 4. The van der Waals surface area contributed by atoms with Gasteiger partial charge in [0.15, 0.2) is 5.82 Å². The van der Waals surface area contributed by atoms with Crippen LogP contribution in [0.2, 0.25) is 0 Å². The van der Waals surface area contributed by atoms with Crippen LogP contribution in [0.5, 0.6) is 0 Å². The van der Waals surface area contributed by atoms with Crippen LogP contribution in [0, 0.1) is 5.92 Å². The summed E-state index contributed by atoms with van der Waals surface area (Å²) in [7, 11) is 0. The molecule has 2 aromatic rings. The molecule has 1 heterocycles. The van der Waals surface area contributed by atoms with Gasteiger partial charge < -0.3 is 5.43 Å². The van der Waals surface area contributed by atoms with E-state index < -0.39 is 0 Å². The molecule has 0 saturated heterocycles. The van der Waals surface area contributed by atoms with Crippen molar-refractivity contribution in [2.45, 2.75) is 32.6 Å². The molecule has 1 unspecified atom stereocenters. The normalized spacial score (nSPS) is 19.2. The topological polar surface area (TPSA) is 49.8 Å². The molecule has 104 valence electrons. The van der Waals surface area contributed by atoms with Crippen molar-refractivity contribution in [1.82, 2.24) is 15.6 Å². The minimum atomic E-state index is 0.639. The highest BCUT2D eigenvalue weighted by atomic mass is 15.4. The quantitative estimate of drug-likeness (QED) is 0.834. The molecule has 4 nitrogen and oxygen atoms in total. The van der Waals surface area contributed by atoms with E-state index in [-0.39, 0.29) is 0 Å². The van der Waals surface area contributed by atoms with Crippen LogP contribution >= 0.6 is 0 Å². The lowest BCUT2D eigenvalue weighted by atomic mass is 10.1. The van der Waals surface area contributed by atoms with Crippen molar-refractivity contribution in [1.29, 1.82) is 0 Å². The highest BCUT2D eigenvalue weighted by Crippen LogP contribution is 2.21. The van der Waals surface area contributed by atoms with Crippen molar-refractivity contribution in [2.24, 2.45) is 5.92 Å². The standard InChI is InChI=1S/C16H20N4/c1-12-6-2-4-8-14(10-12)18-20-16-15-9-5-3-7-13(15)11-17-19-16/h3,5,7,9-12,18H,2,4,6,8H2,1H3,(H,19,20). The first kappa shape index (κ1) is 12.9. The summed E-state index contributed by atoms with van der Waals surface area (Å²) in [5, 5.41) is 10.4. The number of allylic oxidation sites excluding steroid dienone is 2. The van der Waals surface area contributed by atoms with E-state index >= 15 is 0 Å². The Morgan fingerprint density at radius 2 is 2.05 bits per heavy atom. The van der Waals surface area contributed by atoms with E-state index in [0.717, 1.165) is 23.0 Å². The number of nitrogens with zero attached hydrogens (tertiary/aromatic N) is 2. The molecule has 1 atom stereocenters. The Kier molecular flexibility index (Phi) is 3.81. The van der Waals surface area contributed by atoms with E-state index in [1.165, 1.54) is 25.0 Å². The summed E-state index contributed by atoms with van der Waals surface area (Å²) < 4.78 is 0. The molecule has 1 aliphatic rings. The van der Waals surface area contributed by atoms with Gasteiger partial charge in [-0.05, 0) is 25.2 Å². The van der Waals surface area contributed by atoms with Crippen LogP contribution in [0.25, 0.3) is 10.8 Å². The van der Waals surface area contributed by atoms with Crippen molar-refractivity contribution >= 4 is 16.6 Å². The number of rotatable bonds is 3. The number of hydrogen-bond donors (Lipinski definition) is 2. The Morgan fingerprint density at radius 1 is 1.15 bits per heavy atom. The van der Waals surface area contributed by atoms with E-state index in [0.29, 0.717) is 5.92 Å². The van der Waals surface area contributed by atoms with Gasteiger partial charge in [-0.3, -0.25) is 5.43 Å². The zero-order valence-electron chi connectivity index (χ0n) is 11.8. The summed E-state index contributed by atoms with van der Waals surface area (Å²) >= 11 is 0. The molecule has 1 aromatic heterocycles. The highest BCUT2D eigenvalue weighted by molar-refractivity contribution is 5.90. The molecule has 0 spiro atoms. The number of benzene rings is 1. The average Bonchev–Trinajstić information content (AvgIpc) is 2.69. The SMILES string of the molecule is CC1C=C(NNc2nncc3ccccc23)CCCC1. The van der Waals surface area contributed by atoms with Crippen molar-refractivity contribution in [3.8, 4) is 0 Å². The van der Waals surface area contributed by atoms with Gasteiger partial charge >= 0.3 is 0 Å². The maximum absolute atomic E-state index is 4.18. The molecule has 3 rings (SSSR count). The average molecular weight is 268 g/mol. The maximum atomic E-state index is 4.18. The summed E-state index contributed by atoms with van der Waals surface area (Å²) in [6, 6.07) is 8.12. The predicted molar refractivity (Wildman–Crippen MR) is 82.0 cm³/mol. The molecule has 2 N–H and O–H groups in total. The monoisotopic (exact) mass is 268 g/mol. The number of aromatic nitrogens is 2. The summed E-state index contributed by atoms with van der Waals surface area (Å²) in [6.07, 6.45) is 9.02. The zero-order chi connectivity index (χ0) is 13.8. The molecule has 20 heavy (non-hydrogen) atoms. The lowest BCUT2D eigenvalue weighted by Crippen LogP contribution is -2.22. The van der Waals surface area contributed by atoms with Crippen molar-refractivity contribution in [3.05, 3.63) is 42.2 Å². The fourth-order valence-electron chi connectivity index (χ4n) is 2.66. The highest BCUT2D eigenvalue weighted by Gasteiger charge is 2.08. The summed E-state index contributed by atoms with van der Waals surface area (Å²) in [5.41, 5.74) is 7.78. The van der Waals surface area contributed by atoms with E-state index in [1.54, 1.807) is 6.20 Å². The molecular formula is C16H20N4. The smallest absolute Gasteiger partial charge is 0.174 e. The molecule has 0 radical (unpaired) electrons. The molecule has 0 aliphatic heterocycles. The predicted octanol–water partition coefficient (Wildman–Crippen LogP) is 3.64. The minimum Gasteiger partial charge on any atom is -0.304 e. The third-order valence-corrected chi connectivity index (χ3v) is 3.75. The number of fused-ring (bicyclic) bond motifs is 1. The minimum absolute atomic E-state index is 0.639. The Labute approximate surface area is 119 Å². The van der Waals surface area contributed by atoms with Gasteiger partial charge in [0.25, 0.3) is 0 Å². The van der Waals surface area contributed by atoms with Crippen molar-refractivity contribution < 1.29 is 0 Å². The molecule has 1 aromatic carbocycles. The summed E-state index contributed by atoms with van der Waals surface area (Å²) in [6.45, 7) is 2.27. The largest absolute Gasteiger partial charge is 0.304 e. The fraction of sp³-hybridized carbons (Fsp3) is 0.375. The first-order valence-electron chi connectivity index (χ1n) is 7.26. The van der Waals surface area contributed by atoms with Crippen molar-refractivity contribution in [3.63, 3.8) is 0 Å². The van der Waals surface area contributed by atoms with E-state index in [2.05, 4.69) is 40.1 Å². The second kappa shape index (κ2) is 5.90. The van der Waals surface area contributed by atoms with Gasteiger partial charge in [-0.2, -0.15) is 5.10 Å². The maximum Gasteiger partial charge on any atom is 0.174 e. The number of hydrazine groups is 1. The van der Waals surface area contributed by atoms with Crippen LogP contribution in [0.1, 0.15) is 32.6 Å². The van der Waals surface area contributed by atoms with Gasteiger partial charge in [0.05, 0.1) is 6.20 Å². The Morgan fingerprint density at radius 3 is 3.00 bits per heavy atom. The molecule has 0 amide bonds. The van der Waals surface area contributed by atoms with Gasteiger partial charge in [-0.15, -0.1) is 5.10 Å². The van der Waals surface area contributed by atoms with E-state index in [4.69, 9.17) is 0 Å². The third kappa shape index (κ3) is 2.90. The molecule has 1 aliphatic carbocycles. The molecule has 0 saturated carbocycles. The second-order valence-electron chi connectivity index (χ2n) is 5.45. The Hall–Kier alpha value is -2.10. The van der Waals surface area contributed by atoms with E-state index in [9.17, 15) is 0 Å². The number of anilines is 1. The number of nitrogens with one attached hydrogen (secondary N) is 2. The first-order valence-corrected chi connectivity index (χ1v) is 7.26. The van der Waals surface area contributed by atoms with E-state index in [1.807, 2.05) is 18.2 Å². The fourth-order valence-corrected chi connectivity index (χ4v) is 2.66. The van der Waals surface area contributed by atoms with Crippen LogP contribution in [-0.4, -0.2) is 10.2 Å². The lowest BCUT2D eigenvalue weighted by molar-refractivity contribution is 0.604. The summed E-state index contributed by atoms with van der Waals surface area (Å²) in [4.78, 5) is 0. The van der Waals surface area contributed by atoms with Crippen LogP contribution in [0.4, 0.5) is 5.82 Å². The second-order valence-corrected chi connectivity index (χ2v) is 5.45. The molecular weight excluding hydrogens is 248 g/mol. The van der Waals surface area contributed by atoms with Crippen molar-refractivity contribution in [2.75, 3.05) is 5.43 Å². The van der Waals surface area contributed by atoms with Crippen LogP contribution < -0.4 is 10.9 Å². The molecule has 4 heteroatoms. The first-order chi connectivity index (χ1) is 9.83. The Bertz CT molecular complexity index is 615.